The zero-order valence-electron chi connectivity index (χ0n) is 11.4. The van der Waals surface area contributed by atoms with Crippen LogP contribution in [-0.2, 0) is 15.1 Å². The van der Waals surface area contributed by atoms with Crippen LogP contribution in [0.25, 0.3) is 0 Å². The average Bonchev–Trinajstić information content (AvgIpc) is 2.48. The highest BCUT2D eigenvalue weighted by Gasteiger charge is 2.44. The first-order valence-electron chi connectivity index (χ1n) is 6.99. The van der Waals surface area contributed by atoms with E-state index in [1.807, 2.05) is 23.9 Å². The Balaban J connectivity index is 2.04. The summed E-state index contributed by atoms with van der Waals surface area (Å²) in [6.45, 7) is 3.01. The molecule has 1 aromatic rings. The summed E-state index contributed by atoms with van der Waals surface area (Å²) in [5.41, 5.74) is 0.817. The van der Waals surface area contributed by atoms with E-state index in [-0.39, 0.29) is 12.0 Å². The van der Waals surface area contributed by atoms with Crippen molar-refractivity contribution >= 4 is 17.7 Å². The van der Waals surface area contributed by atoms with E-state index in [1.165, 1.54) is 10.5 Å². The van der Waals surface area contributed by atoms with Crippen molar-refractivity contribution in [1.82, 2.24) is 4.90 Å². The van der Waals surface area contributed by atoms with E-state index < -0.39 is 5.97 Å². The minimum Gasteiger partial charge on any atom is -0.481 e. The van der Waals surface area contributed by atoms with Crippen LogP contribution in [0, 0.1) is 0 Å². The summed E-state index contributed by atoms with van der Waals surface area (Å²) < 4.78 is 5.43. The van der Waals surface area contributed by atoms with E-state index in [9.17, 15) is 9.90 Å². The number of hydrogen-bond acceptors (Lipinski definition) is 4. The third kappa shape index (κ3) is 2.45. The molecule has 4 nitrogen and oxygen atoms in total. The molecule has 0 saturated carbocycles. The van der Waals surface area contributed by atoms with Crippen molar-refractivity contribution in [1.29, 1.82) is 0 Å². The van der Waals surface area contributed by atoms with Crippen molar-refractivity contribution in [3.63, 3.8) is 0 Å². The maximum atomic E-state index is 11.5. The second-order valence-electron chi connectivity index (χ2n) is 5.30. The van der Waals surface area contributed by atoms with Crippen LogP contribution in [0.15, 0.2) is 29.2 Å². The van der Waals surface area contributed by atoms with E-state index in [0.717, 1.165) is 25.3 Å². The molecule has 2 aliphatic heterocycles. The summed E-state index contributed by atoms with van der Waals surface area (Å²) in [6, 6.07) is 8.25. The van der Waals surface area contributed by atoms with Gasteiger partial charge in [-0.1, -0.05) is 18.2 Å². The van der Waals surface area contributed by atoms with Gasteiger partial charge in [-0.25, -0.2) is 0 Å². The van der Waals surface area contributed by atoms with Gasteiger partial charge in [0.1, 0.15) is 0 Å². The van der Waals surface area contributed by atoms with Gasteiger partial charge in [-0.3, -0.25) is 9.69 Å². The summed E-state index contributed by atoms with van der Waals surface area (Å²) in [4.78, 5) is 15.0. The van der Waals surface area contributed by atoms with E-state index >= 15 is 0 Å². The van der Waals surface area contributed by atoms with Crippen molar-refractivity contribution in [3.8, 4) is 0 Å². The molecule has 1 N–H and O–H groups in total. The molecule has 0 bridgehead atoms. The Morgan fingerprint density at radius 3 is 2.85 bits per heavy atom. The lowest BCUT2D eigenvalue weighted by atomic mass is 9.81. The normalized spacial score (nSPS) is 27.0. The predicted molar refractivity (Wildman–Crippen MR) is 78.1 cm³/mol. The fourth-order valence-corrected chi connectivity index (χ4v) is 4.55. The highest BCUT2D eigenvalue weighted by molar-refractivity contribution is 7.99. The van der Waals surface area contributed by atoms with Crippen LogP contribution in [0.2, 0.25) is 0 Å². The first-order chi connectivity index (χ1) is 9.72. The summed E-state index contributed by atoms with van der Waals surface area (Å²) in [6.07, 6.45) is 1.06. The lowest BCUT2D eigenvalue weighted by molar-refractivity contribution is -0.142. The Bertz CT molecular complexity index is 502. The van der Waals surface area contributed by atoms with Gasteiger partial charge in [0, 0.05) is 23.7 Å². The number of thioether (sulfide) groups is 1. The van der Waals surface area contributed by atoms with E-state index in [0.29, 0.717) is 13.2 Å². The Morgan fingerprint density at radius 1 is 1.35 bits per heavy atom. The number of morpholine rings is 1. The number of fused-ring (bicyclic) bond motifs is 1. The first-order valence-corrected chi connectivity index (χ1v) is 7.98. The zero-order valence-corrected chi connectivity index (χ0v) is 12.2. The summed E-state index contributed by atoms with van der Waals surface area (Å²) in [5.74, 6) is 0.250. The van der Waals surface area contributed by atoms with E-state index in [4.69, 9.17) is 4.74 Å². The molecule has 1 unspecified atom stereocenters. The first kappa shape index (κ1) is 13.9. The van der Waals surface area contributed by atoms with E-state index in [1.54, 1.807) is 0 Å². The Hall–Kier alpha value is -1.04. The number of hydrogen-bond donors (Lipinski definition) is 1. The fraction of sp³-hybridized carbons (Fsp3) is 0.533. The van der Waals surface area contributed by atoms with Crippen LogP contribution in [0.3, 0.4) is 0 Å². The fourth-order valence-electron chi connectivity index (χ4n) is 3.31. The van der Waals surface area contributed by atoms with E-state index in [2.05, 4.69) is 17.0 Å². The lowest BCUT2D eigenvalue weighted by Crippen LogP contribution is -2.53. The molecule has 1 saturated heterocycles. The van der Waals surface area contributed by atoms with Crippen LogP contribution in [0.4, 0.5) is 0 Å². The summed E-state index contributed by atoms with van der Waals surface area (Å²) in [5, 5.41) is 9.42. The number of ether oxygens (including phenoxy) is 1. The van der Waals surface area contributed by atoms with Crippen molar-refractivity contribution < 1.29 is 14.6 Å². The molecule has 2 aliphatic rings. The standard InChI is InChI=1S/C15H19NO3S/c17-14(18)11-15(16-6-8-19-9-7-16)5-10-20-13-4-2-1-3-12(13)15/h1-4H,5-11H2,(H,17,18). The molecule has 0 spiro atoms. The molecule has 1 fully saturated rings. The van der Waals surface area contributed by atoms with Crippen LogP contribution in [-0.4, -0.2) is 48.0 Å². The van der Waals surface area contributed by atoms with Crippen LogP contribution in [0.1, 0.15) is 18.4 Å². The van der Waals surface area contributed by atoms with Gasteiger partial charge in [0.05, 0.1) is 25.2 Å². The number of benzene rings is 1. The molecule has 108 valence electrons. The van der Waals surface area contributed by atoms with Gasteiger partial charge >= 0.3 is 5.97 Å². The number of carboxylic acids is 1. The SMILES string of the molecule is O=C(O)CC1(N2CCOCC2)CCSc2ccccc21. The smallest absolute Gasteiger partial charge is 0.305 e. The van der Waals surface area contributed by atoms with Crippen LogP contribution in [0.5, 0.6) is 0 Å². The molecule has 0 amide bonds. The summed E-state index contributed by atoms with van der Waals surface area (Å²) >= 11 is 1.83. The molecule has 5 heteroatoms. The van der Waals surface area contributed by atoms with Crippen molar-refractivity contribution in [2.24, 2.45) is 0 Å². The number of carbonyl (C=O) groups is 1. The molecular weight excluding hydrogens is 274 g/mol. The van der Waals surface area contributed by atoms with Gasteiger partial charge in [-0.05, 0) is 18.1 Å². The zero-order chi connectivity index (χ0) is 14.0. The summed E-state index contributed by atoms with van der Waals surface area (Å²) in [7, 11) is 0. The molecule has 20 heavy (non-hydrogen) atoms. The molecule has 1 aromatic carbocycles. The van der Waals surface area contributed by atoms with Gasteiger partial charge < -0.3 is 9.84 Å². The molecule has 2 heterocycles. The quantitative estimate of drug-likeness (QED) is 0.925. The number of aliphatic carboxylic acids is 1. The van der Waals surface area contributed by atoms with Crippen LogP contribution >= 0.6 is 11.8 Å². The minimum absolute atomic E-state index is 0.171. The monoisotopic (exact) mass is 293 g/mol. The van der Waals surface area contributed by atoms with Crippen LogP contribution < -0.4 is 0 Å². The Labute approximate surface area is 123 Å². The average molecular weight is 293 g/mol. The largest absolute Gasteiger partial charge is 0.481 e. The molecule has 1 atom stereocenters. The van der Waals surface area contributed by atoms with Gasteiger partial charge in [0.25, 0.3) is 0 Å². The highest BCUT2D eigenvalue weighted by atomic mass is 32.2. The molecular formula is C15H19NO3S. The Morgan fingerprint density at radius 2 is 2.10 bits per heavy atom. The third-order valence-corrected chi connectivity index (χ3v) is 5.30. The van der Waals surface area contributed by atoms with Gasteiger partial charge in [-0.15, -0.1) is 11.8 Å². The van der Waals surface area contributed by atoms with Crippen molar-refractivity contribution in [2.45, 2.75) is 23.3 Å². The number of rotatable bonds is 3. The predicted octanol–water partition coefficient (Wildman–Crippen LogP) is 2.18. The third-order valence-electron chi connectivity index (χ3n) is 4.22. The minimum atomic E-state index is -0.724. The second kappa shape index (κ2) is 5.76. The highest BCUT2D eigenvalue weighted by Crippen LogP contribution is 2.46. The maximum Gasteiger partial charge on any atom is 0.305 e. The molecule has 0 radical (unpaired) electrons. The van der Waals surface area contributed by atoms with Crippen molar-refractivity contribution in [2.75, 3.05) is 32.1 Å². The van der Waals surface area contributed by atoms with Gasteiger partial charge in [0.2, 0.25) is 0 Å². The number of nitrogens with zero attached hydrogens (tertiary/aromatic N) is 1. The number of carboxylic acid groups (broad SMARTS) is 1. The lowest BCUT2D eigenvalue weighted by Gasteiger charge is -2.48. The second-order valence-corrected chi connectivity index (χ2v) is 6.43. The molecule has 3 rings (SSSR count). The molecule has 0 aromatic heterocycles. The van der Waals surface area contributed by atoms with Gasteiger partial charge in [0.15, 0.2) is 0 Å². The Kier molecular flexibility index (Phi) is 4.01. The van der Waals surface area contributed by atoms with Crippen molar-refractivity contribution in [3.05, 3.63) is 29.8 Å². The maximum absolute atomic E-state index is 11.5. The van der Waals surface area contributed by atoms with Gasteiger partial charge in [-0.2, -0.15) is 0 Å². The molecule has 0 aliphatic carbocycles. The topological polar surface area (TPSA) is 49.8 Å².